The highest BCUT2D eigenvalue weighted by Gasteiger charge is 2.36. The van der Waals surface area contributed by atoms with Crippen LogP contribution in [0.15, 0.2) is 60.7 Å². The van der Waals surface area contributed by atoms with Crippen molar-refractivity contribution in [1.29, 1.82) is 0 Å². The van der Waals surface area contributed by atoms with Crippen molar-refractivity contribution in [3.05, 3.63) is 71.8 Å². The number of piperidine rings is 1. The molecule has 2 atom stereocenters. The van der Waals surface area contributed by atoms with E-state index in [1.807, 2.05) is 74.5 Å². The summed E-state index contributed by atoms with van der Waals surface area (Å²) in [6, 6.07) is 18.3. The average Bonchev–Trinajstić information content (AvgIpc) is 2.84. The number of hydrogen-bond acceptors (Lipinski definition) is 5. The van der Waals surface area contributed by atoms with Gasteiger partial charge in [-0.1, -0.05) is 60.7 Å². The topological polar surface area (TPSA) is 73.0 Å². The van der Waals surface area contributed by atoms with Gasteiger partial charge in [-0.25, -0.2) is 13.1 Å². The fourth-order valence-electron chi connectivity index (χ4n) is 5.76. The molecule has 0 radical (unpaired) electrons. The zero-order valence-electron chi connectivity index (χ0n) is 21.7. The molecule has 36 heavy (non-hydrogen) atoms. The molecule has 2 aliphatic rings. The molecule has 8 heteroatoms. The first-order valence-electron chi connectivity index (χ1n) is 13.0. The van der Waals surface area contributed by atoms with E-state index in [2.05, 4.69) is 21.6 Å². The molecule has 2 heterocycles. The minimum Gasteiger partial charge on any atom is -0.334 e. The minimum atomic E-state index is -3.87. The van der Waals surface area contributed by atoms with Gasteiger partial charge in [0.15, 0.2) is 0 Å². The summed E-state index contributed by atoms with van der Waals surface area (Å²) in [5.74, 6) is -0.186. The van der Waals surface area contributed by atoms with Gasteiger partial charge in [0.25, 0.3) is 0 Å². The molecule has 2 aromatic rings. The largest absolute Gasteiger partial charge is 0.334 e. The Hall–Kier alpha value is -2.26. The first kappa shape index (κ1) is 26.8. The highest BCUT2D eigenvalue weighted by atomic mass is 32.2. The molecule has 0 aromatic heterocycles. The molecule has 4 rings (SSSR count). The number of amides is 1. The first-order chi connectivity index (χ1) is 17.2. The van der Waals surface area contributed by atoms with E-state index in [9.17, 15) is 13.2 Å². The van der Waals surface area contributed by atoms with Crippen LogP contribution in [0.3, 0.4) is 0 Å². The number of sulfonamides is 1. The molecule has 7 nitrogen and oxygen atoms in total. The summed E-state index contributed by atoms with van der Waals surface area (Å²) in [5.41, 5.74) is 1.67. The molecular formula is C28H40N4O3S. The van der Waals surface area contributed by atoms with Crippen molar-refractivity contribution in [2.75, 3.05) is 45.5 Å². The molecule has 1 amide bonds. The second kappa shape index (κ2) is 11.9. The molecule has 0 saturated carbocycles. The maximum atomic E-state index is 13.3. The summed E-state index contributed by atoms with van der Waals surface area (Å²) >= 11 is 0. The predicted molar refractivity (Wildman–Crippen MR) is 144 cm³/mol. The van der Waals surface area contributed by atoms with Gasteiger partial charge in [-0.05, 0) is 63.9 Å². The number of benzene rings is 2. The lowest BCUT2D eigenvalue weighted by atomic mass is 9.95. The maximum absolute atomic E-state index is 13.3. The van der Waals surface area contributed by atoms with Gasteiger partial charge in [-0.15, -0.1) is 0 Å². The van der Waals surface area contributed by atoms with Crippen LogP contribution >= 0.6 is 0 Å². The van der Waals surface area contributed by atoms with Gasteiger partial charge in [-0.2, -0.15) is 0 Å². The third kappa shape index (κ3) is 6.94. The number of nitrogens with one attached hydrogen (secondary N) is 1. The van der Waals surface area contributed by atoms with Gasteiger partial charge in [0.05, 0.1) is 6.04 Å². The van der Waals surface area contributed by atoms with Crippen LogP contribution in [0.4, 0.5) is 0 Å². The van der Waals surface area contributed by atoms with Crippen molar-refractivity contribution in [2.24, 2.45) is 5.92 Å². The Bertz CT molecular complexity index is 1040. The lowest BCUT2D eigenvalue weighted by Gasteiger charge is -2.46. The second-order valence-electron chi connectivity index (χ2n) is 10.6. The zero-order valence-corrected chi connectivity index (χ0v) is 22.5. The fraction of sp³-hybridized carbons (Fsp3) is 0.536. The number of piperazine rings is 1. The molecule has 1 N–H and O–H groups in total. The Morgan fingerprint density at radius 3 is 1.92 bits per heavy atom. The Kier molecular flexibility index (Phi) is 8.83. The van der Waals surface area contributed by atoms with Gasteiger partial charge in [-0.3, -0.25) is 9.69 Å². The molecule has 0 spiro atoms. The normalized spacial score (nSPS) is 22.7. The van der Waals surface area contributed by atoms with Crippen molar-refractivity contribution in [3.63, 3.8) is 0 Å². The summed E-state index contributed by atoms with van der Waals surface area (Å²) in [4.78, 5) is 19.9. The van der Waals surface area contributed by atoms with Gasteiger partial charge in [0.2, 0.25) is 15.9 Å². The Balaban J connectivity index is 1.40. The Morgan fingerprint density at radius 2 is 1.42 bits per heavy atom. The quantitative estimate of drug-likeness (QED) is 0.589. The third-order valence-corrected chi connectivity index (χ3v) is 8.74. The summed E-state index contributed by atoms with van der Waals surface area (Å²) < 4.78 is 29.3. The van der Waals surface area contributed by atoms with Crippen LogP contribution < -0.4 is 4.72 Å². The lowest BCUT2D eigenvalue weighted by molar-refractivity contribution is -0.136. The number of carbonyl (C=O) groups is 1. The predicted octanol–water partition coefficient (Wildman–Crippen LogP) is 2.96. The third-order valence-electron chi connectivity index (χ3n) is 7.51. The summed E-state index contributed by atoms with van der Waals surface area (Å²) in [5, 5.41) is 0. The Morgan fingerprint density at radius 1 is 0.917 bits per heavy atom. The zero-order chi connectivity index (χ0) is 25.7. The average molecular weight is 513 g/mol. The molecule has 0 aliphatic carbocycles. The summed E-state index contributed by atoms with van der Waals surface area (Å²) in [6.07, 6.45) is 2.43. The first-order valence-corrected chi connectivity index (χ1v) is 14.7. The number of carbonyl (C=O) groups excluding carboxylic acids is 1. The minimum absolute atomic E-state index is 0.0262. The molecule has 2 fully saturated rings. The number of rotatable bonds is 8. The van der Waals surface area contributed by atoms with Crippen molar-refractivity contribution in [1.82, 2.24) is 19.4 Å². The fourth-order valence-corrected chi connectivity index (χ4v) is 6.95. The van der Waals surface area contributed by atoms with Gasteiger partial charge >= 0.3 is 0 Å². The van der Waals surface area contributed by atoms with Crippen LogP contribution in [-0.4, -0.2) is 86.6 Å². The van der Waals surface area contributed by atoms with Crippen molar-refractivity contribution >= 4 is 15.9 Å². The number of likely N-dealkylation sites (tertiary alicyclic amines) is 1. The molecule has 196 valence electrons. The van der Waals surface area contributed by atoms with Gasteiger partial charge < -0.3 is 9.80 Å². The van der Waals surface area contributed by atoms with Gasteiger partial charge in [0, 0.05) is 31.7 Å². The van der Waals surface area contributed by atoms with Crippen LogP contribution in [0.1, 0.15) is 43.9 Å². The molecule has 2 aromatic carbocycles. The van der Waals surface area contributed by atoms with E-state index in [0.29, 0.717) is 5.92 Å². The van der Waals surface area contributed by atoms with Crippen molar-refractivity contribution in [2.45, 2.75) is 44.8 Å². The van der Waals surface area contributed by atoms with Crippen LogP contribution in [0.25, 0.3) is 0 Å². The van der Waals surface area contributed by atoms with Crippen LogP contribution in [0, 0.1) is 5.92 Å². The molecule has 2 aliphatic heterocycles. The summed E-state index contributed by atoms with van der Waals surface area (Å²) in [7, 11) is -1.70. The molecule has 2 saturated heterocycles. The van der Waals surface area contributed by atoms with Crippen molar-refractivity contribution in [3.8, 4) is 0 Å². The highest BCUT2D eigenvalue weighted by molar-refractivity contribution is 7.90. The van der Waals surface area contributed by atoms with E-state index in [1.54, 1.807) is 4.90 Å². The SMILES string of the molecule is CC1CN(CC2CCN(C)CC2)CC(C)N1C(=O)CS(=O)(=O)NC(c1ccccc1)c1ccccc1. The van der Waals surface area contributed by atoms with Crippen LogP contribution in [0.5, 0.6) is 0 Å². The molecule has 2 unspecified atom stereocenters. The monoisotopic (exact) mass is 512 g/mol. The van der Waals surface area contributed by atoms with Gasteiger partial charge in [0.1, 0.15) is 5.75 Å². The van der Waals surface area contributed by atoms with Crippen molar-refractivity contribution < 1.29 is 13.2 Å². The highest BCUT2D eigenvalue weighted by Crippen LogP contribution is 2.24. The molecule has 0 bridgehead atoms. The smallest absolute Gasteiger partial charge is 0.239 e. The van der Waals surface area contributed by atoms with E-state index in [0.717, 1.165) is 43.9 Å². The Labute approximate surface area is 216 Å². The maximum Gasteiger partial charge on any atom is 0.239 e. The van der Waals surface area contributed by atoms with E-state index in [4.69, 9.17) is 0 Å². The number of nitrogens with zero attached hydrogens (tertiary/aromatic N) is 3. The van der Waals surface area contributed by atoms with E-state index >= 15 is 0 Å². The van der Waals surface area contributed by atoms with Crippen LogP contribution in [0.2, 0.25) is 0 Å². The van der Waals surface area contributed by atoms with Crippen LogP contribution in [-0.2, 0) is 14.8 Å². The van der Waals surface area contributed by atoms with E-state index < -0.39 is 21.8 Å². The standard InChI is InChI=1S/C28H40N4O3S/c1-22-18-31(20-24-14-16-30(3)17-15-24)19-23(2)32(22)27(33)21-36(34,35)29-28(25-10-6-4-7-11-25)26-12-8-5-9-13-26/h4-13,22-24,28-29H,14-21H2,1-3H3. The lowest BCUT2D eigenvalue weighted by Crippen LogP contribution is -2.60. The van der Waals surface area contributed by atoms with E-state index in [1.165, 1.54) is 12.8 Å². The summed E-state index contributed by atoms with van der Waals surface area (Å²) in [6.45, 7) is 8.98. The molecular weight excluding hydrogens is 472 g/mol. The second-order valence-corrected chi connectivity index (χ2v) is 12.3. The number of hydrogen-bond donors (Lipinski definition) is 1. The van der Waals surface area contributed by atoms with E-state index in [-0.39, 0.29) is 18.0 Å².